The monoisotopic (exact) mass is 385 g/mol. The number of nitrogens with two attached hydrogens (primary N) is 1. The highest BCUT2D eigenvalue weighted by atomic mass is 35.5. The van der Waals surface area contributed by atoms with E-state index in [1.54, 1.807) is 36.2 Å². The third-order valence-electron chi connectivity index (χ3n) is 3.62. The van der Waals surface area contributed by atoms with E-state index in [1.165, 1.54) is 0 Å². The van der Waals surface area contributed by atoms with Crippen LogP contribution >= 0.6 is 23.2 Å². The fourth-order valence-corrected chi connectivity index (χ4v) is 2.73. The minimum Gasteiger partial charge on any atom is -0.482 e. The first-order chi connectivity index (χ1) is 11.7. The summed E-state index contributed by atoms with van der Waals surface area (Å²) in [6.07, 6.45) is 0. The number of nitrogens with zero attached hydrogens (tertiary/aromatic N) is 2. The minimum atomic E-state index is -0.243. The number of amides is 1. The second-order valence-corrected chi connectivity index (χ2v) is 7.36. The standard InChI is InChI=1S/C17H21Cl2N3O3/c1-17(2,9-20)10-22(3)16(23)14-7-11(25-21-14)8-24-15-12(18)5-4-6-13(15)19/h4-7H,8-10,20H2,1-3H3. The van der Waals surface area contributed by atoms with Crippen molar-refractivity contribution in [2.75, 3.05) is 20.1 Å². The Kier molecular flexibility index (Phi) is 6.32. The molecule has 0 aliphatic carbocycles. The summed E-state index contributed by atoms with van der Waals surface area (Å²) < 4.78 is 10.7. The highest BCUT2D eigenvalue weighted by Crippen LogP contribution is 2.32. The van der Waals surface area contributed by atoms with Crippen LogP contribution < -0.4 is 10.5 Å². The molecule has 6 nitrogen and oxygen atoms in total. The largest absolute Gasteiger partial charge is 0.482 e. The van der Waals surface area contributed by atoms with Crippen molar-refractivity contribution in [1.29, 1.82) is 0 Å². The van der Waals surface area contributed by atoms with E-state index in [4.69, 9.17) is 38.2 Å². The Hall–Kier alpha value is -1.76. The van der Waals surface area contributed by atoms with Gasteiger partial charge >= 0.3 is 0 Å². The summed E-state index contributed by atoms with van der Waals surface area (Å²) >= 11 is 12.1. The summed E-state index contributed by atoms with van der Waals surface area (Å²) in [7, 11) is 1.70. The molecule has 2 aromatic rings. The van der Waals surface area contributed by atoms with Crippen LogP contribution in [0.15, 0.2) is 28.8 Å². The Labute approximate surface area is 156 Å². The van der Waals surface area contributed by atoms with Gasteiger partial charge in [0.15, 0.2) is 17.2 Å². The first kappa shape index (κ1) is 19.6. The van der Waals surface area contributed by atoms with Gasteiger partial charge in [-0.3, -0.25) is 4.79 Å². The van der Waals surface area contributed by atoms with Crippen molar-refractivity contribution < 1.29 is 14.1 Å². The second kappa shape index (κ2) is 8.08. The number of para-hydroxylation sites is 1. The number of aromatic nitrogens is 1. The van der Waals surface area contributed by atoms with Crippen LogP contribution in [-0.4, -0.2) is 36.1 Å². The summed E-state index contributed by atoms with van der Waals surface area (Å²) in [5.74, 6) is 0.509. The first-order valence-electron chi connectivity index (χ1n) is 7.71. The van der Waals surface area contributed by atoms with E-state index >= 15 is 0 Å². The van der Waals surface area contributed by atoms with Crippen LogP contribution in [0, 0.1) is 5.41 Å². The average Bonchev–Trinajstić information content (AvgIpc) is 3.02. The highest BCUT2D eigenvalue weighted by molar-refractivity contribution is 6.37. The van der Waals surface area contributed by atoms with Crippen molar-refractivity contribution in [3.63, 3.8) is 0 Å². The molecule has 25 heavy (non-hydrogen) atoms. The normalized spacial score (nSPS) is 11.4. The third kappa shape index (κ3) is 5.11. The van der Waals surface area contributed by atoms with E-state index < -0.39 is 0 Å². The lowest BCUT2D eigenvalue weighted by Crippen LogP contribution is -2.39. The molecule has 1 aromatic carbocycles. The molecule has 0 spiro atoms. The van der Waals surface area contributed by atoms with Gasteiger partial charge in [-0.05, 0) is 24.1 Å². The molecular weight excluding hydrogens is 365 g/mol. The van der Waals surface area contributed by atoms with Crippen molar-refractivity contribution in [2.24, 2.45) is 11.1 Å². The molecule has 2 N–H and O–H groups in total. The molecule has 0 aliphatic rings. The first-order valence-corrected chi connectivity index (χ1v) is 8.47. The summed E-state index contributed by atoms with van der Waals surface area (Å²) in [6.45, 7) is 5.03. The molecular formula is C17H21Cl2N3O3. The molecule has 0 aliphatic heterocycles. The van der Waals surface area contributed by atoms with E-state index in [0.717, 1.165) is 0 Å². The van der Waals surface area contributed by atoms with Gasteiger partial charge in [-0.2, -0.15) is 0 Å². The maximum atomic E-state index is 12.4. The molecule has 0 radical (unpaired) electrons. The maximum Gasteiger partial charge on any atom is 0.275 e. The van der Waals surface area contributed by atoms with Crippen molar-refractivity contribution in [2.45, 2.75) is 20.5 Å². The molecule has 0 atom stereocenters. The van der Waals surface area contributed by atoms with Crippen LogP contribution in [-0.2, 0) is 6.61 Å². The lowest BCUT2D eigenvalue weighted by molar-refractivity contribution is 0.0730. The Morgan fingerprint density at radius 1 is 1.36 bits per heavy atom. The lowest BCUT2D eigenvalue weighted by atomic mass is 9.93. The molecule has 0 unspecified atom stereocenters. The number of ether oxygens (including phenoxy) is 1. The molecule has 0 fully saturated rings. The van der Waals surface area contributed by atoms with Crippen LogP contribution in [0.3, 0.4) is 0 Å². The van der Waals surface area contributed by atoms with E-state index in [1.807, 2.05) is 13.8 Å². The number of carbonyl (C=O) groups is 1. The van der Waals surface area contributed by atoms with Gasteiger partial charge in [-0.15, -0.1) is 0 Å². The lowest BCUT2D eigenvalue weighted by Gasteiger charge is -2.28. The maximum absolute atomic E-state index is 12.4. The van der Waals surface area contributed by atoms with Gasteiger partial charge in [-0.25, -0.2) is 0 Å². The van der Waals surface area contributed by atoms with Gasteiger partial charge in [0, 0.05) is 19.7 Å². The number of hydrogen-bond donors (Lipinski definition) is 1. The summed E-state index contributed by atoms with van der Waals surface area (Å²) in [6, 6.07) is 6.61. The van der Waals surface area contributed by atoms with E-state index in [9.17, 15) is 4.79 Å². The minimum absolute atomic E-state index is 0.0573. The molecule has 0 saturated heterocycles. The Bertz CT molecular complexity index is 726. The molecule has 1 aromatic heterocycles. The zero-order valence-corrected chi connectivity index (χ0v) is 15.9. The number of benzene rings is 1. The Morgan fingerprint density at radius 2 is 2.00 bits per heavy atom. The Morgan fingerprint density at radius 3 is 2.60 bits per heavy atom. The van der Waals surface area contributed by atoms with Crippen LogP contribution in [0.25, 0.3) is 0 Å². The number of hydrogen-bond acceptors (Lipinski definition) is 5. The molecule has 136 valence electrons. The van der Waals surface area contributed by atoms with Crippen molar-refractivity contribution >= 4 is 29.1 Å². The van der Waals surface area contributed by atoms with Crippen LogP contribution in [0.5, 0.6) is 5.75 Å². The molecule has 2 rings (SSSR count). The topological polar surface area (TPSA) is 81.6 Å². The van der Waals surface area contributed by atoms with Crippen molar-refractivity contribution in [3.05, 3.63) is 45.8 Å². The molecule has 8 heteroatoms. The third-order valence-corrected chi connectivity index (χ3v) is 4.22. The summed E-state index contributed by atoms with van der Waals surface area (Å²) in [5.41, 5.74) is 5.73. The average molecular weight is 386 g/mol. The summed E-state index contributed by atoms with van der Waals surface area (Å²) in [5, 5.41) is 4.60. The van der Waals surface area contributed by atoms with Crippen LogP contribution in [0.4, 0.5) is 0 Å². The Balaban J connectivity index is 2.01. The van der Waals surface area contributed by atoms with Gasteiger partial charge in [0.1, 0.15) is 6.61 Å². The van der Waals surface area contributed by atoms with Crippen molar-refractivity contribution in [1.82, 2.24) is 10.1 Å². The smallest absolute Gasteiger partial charge is 0.275 e. The predicted molar refractivity (Wildman–Crippen MR) is 97.1 cm³/mol. The fraction of sp³-hybridized carbons (Fsp3) is 0.412. The van der Waals surface area contributed by atoms with Gasteiger partial charge < -0.3 is 19.9 Å². The predicted octanol–water partition coefficient (Wildman–Crippen LogP) is 3.62. The molecule has 1 amide bonds. The van der Waals surface area contributed by atoms with Gasteiger partial charge in [0.2, 0.25) is 0 Å². The number of rotatable bonds is 7. The van der Waals surface area contributed by atoms with Gasteiger partial charge in [0.25, 0.3) is 5.91 Å². The SMILES string of the molecule is CN(CC(C)(C)CN)C(=O)c1cc(COc2c(Cl)cccc2Cl)on1. The molecule has 0 saturated carbocycles. The van der Waals surface area contributed by atoms with Crippen LogP contribution in [0.1, 0.15) is 30.1 Å². The van der Waals surface area contributed by atoms with E-state index in [-0.39, 0.29) is 23.6 Å². The van der Waals surface area contributed by atoms with Gasteiger partial charge in [0.05, 0.1) is 10.0 Å². The number of carbonyl (C=O) groups excluding carboxylic acids is 1. The van der Waals surface area contributed by atoms with Crippen LogP contribution in [0.2, 0.25) is 10.0 Å². The van der Waals surface area contributed by atoms with E-state index in [2.05, 4.69) is 5.16 Å². The molecule has 0 bridgehead atoms. The second-order valence-electron chi connectivity index (χ2n) is 6.55. The summed E-state index contributed by atoms with van der Waals surface area (Å²) in [4.78, 5) is 14.0. The fourth-order valence-electron chi connectivity index (χ4n) is 2.22. The molecule has 1 heterocycles. The van der Waals surface area contributed by atoms with Gasteiger partial charge in [-0.1, -0.05) is 48.3 Å². The number of halogens is 2. The van der Waals surface area contributed by atoms with E-state index in [0.29, 0.717) is 34.6 Å². The quantitative estimate of drug-likeness (QED) is 0.786. The zero-order chi connectivity index (χ0) is 18.6. The zero-order valence-electron chi connectivity index (χ0n) is 14.4. The van der Waals surface area contributed by atoms with Crippen molar-refractivity contribution in [3.8, 4) is 5.75 Å². The highest BCUT2D eigenvalue weighted by Gasteiger charge is 2.24.